The molecule has 1 fully saturated rings. The second-order valence-electron chi connectivity index (χ2n) is 4.57. The molecule has 1 unspecified atom stereocenters. The first-order valence-electron chi connectivity index (χ1n) is 5.93. The van der Waals surface area contributed by atoms with Gasteiger partial charge in [0.1, 0.15) is 0 Å². The molecule has 0 spiro atoms. The molecule has 0 aromatic heterocycles. The van der Waals surface area contributed by atoms with Gasteiger partial charge in [-0.25, -0.2) is 0 Å². The number of fused-ring (bicyclic) bond motifs is 1. The molecule has 4 heteroatoms. The Hall–Kier alpha value is -1.00. The maximum absolute atomic E-state index is 5.94. The first kappa shape index (κ1) is 11.1. The smallest absolute Gasteiger partial charge is 0.154 e. The molecule has 0 amide bonds. The van der Waals surface area contributed by atoms with Crippen LogP contribution < -0.4 is 5.73 Å². The quantitative estimate of drug-likeness (QED) is 0.826. The maximum atomic E-state index is 5.94. The minimum atomic E-state index is -0.144. The van der Waals surface area contributed by atoms with Crippen molar-refractivity contribution in [2.45, 2.75) is 12.0 Å². The Morgan fingerprint density at radius 2 is 2.18 bits per heavy atom. The van der Waals surface area contributed by atoms with Gasteiger partial charge in [0.2, 0.25) is 0 Å². The Kier molecular flexibility index (Phi) is 2.84. The van der Waals surface area contributed by atoms with Crippen molar-refractivity contribution in [3.05, 3.63) is 35.9 Å². The van der Waals surface area contributed by atoms with Gasteiger partial charge in [0.25, 0.3) is 0 Å². The number of hydrogen-bond acceptors (Lipinski definition) is 4. The van der Waals surface area contributed by atoms with Gasteiger partial charge in [-0.05, 0) is 5.56 Å². The predicted octanol–water partition coefficient (Wildman–Crippen LogP) is 1.98. The van der Waals surface area contributed by atoms with Crippen molar-refractivity contribution in [1.82, 2.24) is 0 Å². The van der Waals surface area contributed by atoms with Crippen LogP contribution in [0.3, 0.4) is 0 Å². The van der Waals surface area contributed by atoms with E-state index in [4.69, 9.17) is 15.5 Å². The molecule has 0 bridgehead atoms. The Balaban J connectivity index is 2.08. The van der Waals surface area contributed by atoms with Crippen LogP contribution in [-0.2, 0) is 10.3 Å². The van der Waals surface area contributed by atoms with Crippen molar-refractivity contribution in [3.63, 3.8) is 0 Å². The fourth-order valence-electron chi connectivity index (χ4n) is 2.71. The lowest BCUT2D eigenvalue weighted by Gasteiger charge is -2.43. The van der Waals surface area contributed by atoms with E-state index in [1.165, 1.54) is 5.56 Å². The van der Waals surface area contributed by atoms with Gasteiger partial charge in [-0.15, -0.1) is 0 Å². The number of rotatable bonds is 1. The highest BCUT2D eigenvalue weighted by molar-refractivity contribution is 8.13. The second-order valence-corrected chi connectivity index (χ2v) is 5.61. The molecule has 3 nitrogen and oxygen atoms in total. The lowest BCUT2D eigenvalue weighted by atomic mass is 9.76. The SMILES string of the molecule is NC1=N[C@@]2(c3ccccc3)CCOCC2CS1. The molecule has 2 atom stereocenters. The van der Waals surface area contributed by atoms with E-state index in [0.717, 1.165) is 25.4 Å². The summed E-state index contributed by atoms with van der Waals surface area (Å²) in [7, 11) is 0. The summed E-state index contributed by atoms with van der Waals surface area (Å²) in [6.45, 7) is 1.56. The highest BCUT2D eigenvalue weighted by Gasteiger charge is 2.45. The van der Waals surface area contributed by atoms with Crippen molar-refractivity contribution < 1.29 is 4.74 Å². The van der Waals surface area contributed by atoms with Gasteiger partial charge in [0, 0.05) is 24.7 Å². The first-order chi connectivity index (χ1) is 8.31. The number of nitrogens with two attached hydrogens (primary N) is 1. The number of nitrogens with zero attached hydrogens (tertiary/aromatic N) is 1. The molecule has 2 heterocycles. The van der Waals surface area contributed by atoms with Crippen molar-refractivity contribution in [2.24, 2.45) is 16.6 Å². The van der Waals surface area contributed by atoms with E-state index in [-0.39, 0.29) is 5.54 Å². The van der Waals surface area contributed by atoms with Crippen molar-refractivity contribution >= 4 is 16.9 Å². The Morgan fingerprint density at radius 1 is 1.35 bits per heavy atom. The van der Waals surface area contributed by atoms with Gasteiger partial charge in [-0.2, -0.15) is 0 Å². The highest BCUT2D eigenvalue weighted by atomic mass is 32.2. The van der Waals surface area contributed by atoms with Crippen LogP contribution in [0.5, 0.6) is 0 Å². The zero-order valence-corrected chi connectivity index (χ0v) is 10.5. The van der Waals surface area contributed by atoms with Crippen LogP contribution in [0.1, 0.15) is 12.0 Å². The number of thioether (sulfide) groups is 1. The third-order valence-electron chi connectivity index (χ3n) is 3.64. The van der Waals surface area contributed by atoms with Gasteiger partial charge in [-0.3, -0.25) is 4.99 Å². The van der Waals surface area contributed by atoms with Crippen molar-refractivity contribution in [2.75, 3.05) is 19.0 Å². The highest BCUT2D eigenvalue weighted by Crippen LogP contribution is 2.44. The normalized spacial score (nSPS) is 32.7. The summed E-state index contributed by atoms with van der Waals surface area (Å²) in [5.41, 5.74) is 7.07. The van der Waals surface area contributed by atoms with Gasteiger partial charge in [0.05, 0.1) is 12.1 Å². The monoisotopic (exact) mass is 248 g/mol. The molecule has 2 N–H and O–H groups in total. The molecule has 17 heavy (non-hydrogen) atoms. The predicted molar refractivity (Wildman–Crippen MR) is 71.1 cm³/mol. The van der Waals surface area contributed by atoms with Crippen molar-refractivity contribution in [1.29, 1.82) is 0 Å². The Bertz CT molecular complexity index is 434. The summed E-state index contributed by atoms with van der Waals surface area (Å²) in [4.78, 5) is 4.78. The fraction of sp³-hybridized carbons (Fsp3) is 0.462. The molecular formula is C13H16N2OS. The molecule has 0 saturated carbocycles. The molecular weight excluding hydrogens is 232 g/mol. The average molecular weight is 248 g/mol. The lowest BCUT2D eigenvalue weighted by Crippen LogP contribution is -2.46. The summed E-state index contributed by atoms with van der Waals surface area (Å²) in [5, 5.41) is 0.715. The van der Waals surface area contributed by atoms with Crippen LogP contribution in [0.15, 0.2) is 35.3 Å². The zero-order valence-electron chi connectivity index (χ0n) is 9.63. The van der Waals surface area contributed by atoms with Gasteiger partial charge < -0.3 is 10.5 Å². The topological polar surface area (TPSA) is 47.6 Å². The zero-order chi connectivity index (χ0) is 11.7. The first-order valence-corrected chi connectivity index (χ1v) is 6.91. The van der Waals surface area contributed by atoms with E-state index in [2.05, 4.69) is 24.3 Å². The van der Waals surface area contributed by atoms with Gasteiger partial charge in [-0.1, -0.05) is 42.1 Å². The maximum Gasteiger partial charge on any atom is 0.154 e. The summed E-state index contributed by atoms with van der Waals surface area (Å²) in [6.07, 6.45) is 0.933. The fourth-order valence-corrected chi connectivity index (χ4v) is 3.69. The summed E-state index contributed by atoms with van der Waals surface area (Å²) in [6, 6.07) is 10.5. The minimum Gasteiger partial charge on any atom is -0.381 e. The van der Waals surface area contributed by atoms with E-state index < -0.39 is 0 Å². The molecule has 1 saturated heterocycles. The largest absolute Gasteiger partial charge is 0.381 e. The number of amidine groups is 1. The number of aliphatic imine (C=N–C) groups is 1. The van der Waals surface area contributed by atoms with Crippen LogP contribution in [-0.4, -0.2) is 24.1 Å². The minimum absolute atomic E-state index is 0.144. The Labute approximate surface area is 105 Å². The van der Waals surface area contributed by atoms with E-state index in [1.54, 1.807) is 11.8 Å². The second kappa shape index (κ2) is 4.35. The molecule has 90 valence electrons. The van der Waals surface area contributed by atoms with Gasteiger partial charge >= 0.3 is 0 Å². The standard InChI is InChI=1S/C13H16N2OS/c14-12-15-13(10-4-2-1-3-5-10)6-7-16-8-11(13)9-17-12/h1-5,11H,6-9H2,(H2,14,15)/t11?,13-/m1/s1. The number of hydrogen-bond donors (Lipinski definition) is 1. The van der Waals surface area contributed by atoms with Crippen molar-refractivity contribution in [3.8, 4) is 0 Å². The van der Waals surface area contributed by atoms with E-state index in [0.29, 0.717) is 11.1 Å². The number of benzene rings is 1. The molecule has 0 aliphatic carbocycles. The third kappa shape index (κ3) is 1.85. The summed E-state index contributed by atoms with van der Waals surface area (Å²) >= 11 is 1.64. The third-order valence-corrected chi connectivity index (χ3v) is 4.59. The summed E-state index contributed by atoms with van der Waals surface area (Å²) < 4.78 is 5.60. The Morgan fingerprint density at radius 3 is 3.00 bits per heavy atom. The van der Waals surface area contributed by atoms with Crippen LogP contribution in [0.4, 0.5) is 0 Å². The van der Waals surface area contributed by atoms with E-state index >= 15 is 0 Å². The molecule has 0 radical (unpaired) electrons. The molecule has 2 aliphatic heterocycles. The number of ether oxygens (including phenoxy) is 1. The molecule has 1 aromatic carbocycles. The molecule has 1 aromatic rings. The molecule has 2 aliphatic rings. The van der Waals surface area contributed by atoms with Crippen LogP contribution >= 0.6 is 11.8 Å². The summed E-state index contributed by atoms with van der Waals surface area (Å²) in [5.74, 6) is 1.44. The van der Waals surface area contributed by atoms with Crippen LogP contribution in [0.25, 0.3) is 0 Å². The average Bonchev–Trinajstić information content (AvgIpc) is 2.39. The lowest BCUT2D eigenvalue weighted by molar-refractivity contribution is 0.0101. The molecule has 3 rings (SSSR count). The van der Waals surface area contributed by atoms with Gasteiger partial charge in [0.15, 0.2) is 5.17 Å². The van der Waals surface area contributed by atoms with Crippen LogP contribution in [0.2, 0.25) is 0 Å². The van der Waals surface area contributed by atoms with Crippen LogP contribution in [0, 0.1) is 5.92 Å². The van der Waals surface area contributed by atoms with E-state index in [9.17, 15) is 0 Å². The van der Waals surface area contributed by atoms with E-state index in [1.807, 2.05) is 6.07 Å².